The predicted molar refractivity (Wildman–Crippen MR) is 293 cm³/mol. The molecule has 13 nitrogen and oxygen atoms in total. The van der Waals surface area contributed by atoms with Crippen LogP contribution >= 0.6 is 9.24 Å². The van der Waals surface area contributed by atoms with Crippen molar-refractivity contribution in [2.24, 2.45) is 44.0 Å². The van der Waals surface area contributed by atoms with Gasteiger partial charge in [0.05, 0.1) is 13.1 Å². The van der Waals surface area contributed by atoms with E-state index >= 15 is 0 Å². The van der Waals surface area contributed by atoms with Gasteiger partial charge in [0.15, 0.2) is 0 Å². The highest BCUT2D eigenvalue weighted by molar-refractivity contribution is 7.18. The fourth-order valence-electron chi connectivity index (χ4n) is 10.1. The van der Waals surface area contributed by atoms with Gasteiger partial charge in [-0.25, -0.2) is 0 Å². The number of hydrogen-bond acceptors (Lipinski definition) is 9. The van der Waals surface area contributed by atoms with E-state index in [4.69, 9.17) is 11.5 Å². The molecule has 0 heterocycles. The van der Waals surface area contributed by atoms with Crippen LogP contribution in [0.25, 0.3) is 0 Å². The van der Waals surface area contributed by atoms with E-state index in [1.165, 1.54) is 0 Å². The average molecular weight is 983 g/mol. The summed E-state index contributed by atoms with van der Waals surface area (Å²) in [6, 6.07) is 0. The molecule has 1 atom stereocenters. The Balaban J connectivity index is 5.75. The molecule has 0 spiro atoms. The Hall–Kier alpha value is -1.89. The van der Waals surface area contributed by atoms with Crippen molar-refractivity contribution >= 4 is 32.9 Å². The van der Waals surface area contributed by atoms with Crippen molar-refractivity contribution < 1.29 is 19.2 Å². The lowest BCUT2D eigenvalue weighted by atomic mass is 9.58. The summed E-state index contributed by atoms with van der Waals surface area (Å²) in [7, 11) is 4.93. The molecular formula is C54H112N9O4P. The van der Waals surface area contributed by atoms with E-state index in [1.54, 1.807) is 0 Å². The van der Waals surface area contributed by atoms with Crippen molar-refractivity contribution in [2.75, 3.05) is 98.7 Å². The number of nitrogens with two attached hydrogens (primary N) is 2. The van der Waals surface area contributed by atoms with Gasteiger partial charge in [-0.05, 0) is 148 Å². The first-order chi connectivity index (χ1) is 31.3. The topological polar surface area (TPSA) is 178 Å². The predicted octanol–water partition coefficient (Wildman–Crippen LogP) is 7.81. The van der Waals surface area contributed by atoms with Gasteiger partial charge in [-0.15, -0.1) is 9.24 Å². The quantitative estimate of drug-likeness (QED) is 0.0264. The molecule has 0 aliphatic rings. The smallest absolute Gasteiger partial charge is 0.236 e. The zero-order chi connectivity index (χ0) is 52.5. The van der Waals surface area contributed by atoms with Crippen LogP contribution in [0.1, 0.15) is 187 Å². The molecule has 0 fully saturated rings. The van der Waals surface area contributed by atoms with Crippen LogP contribution in [0.15, 0.2) is 0 Å². The second-order valence-corrected chi connectivity index (χ2v) is 26.8. The number of nitrogens with one attached hydrogen (secondary N) is 4. The average Bonchev–Trinajstić information content (AvgIpc) is 3.18. The van der Waals surface area contributed by atoms with Gasteiger partial charge in [-0.3, -0.25) is 29.0 Å². The van der Waals surface area contributed by atoms with E-state index in [2.05, 4.69) is 144 Å². The normalized spacial score (nSPS) is 13.3. The number of rotatable bonds is 40. The summed E-state index contributed by atoms with van der Waals surface area (Å²) in [6.45, 7) is 42.5. The van der Waals surface area contributed by atoms with Crippen molar-refractivity contribution in [2.45, 2.75) is 192 Å². The second-order valence-electron chi connectivity index (χ2n) is 25.2. The van der Waals surface area contributed by atoms with Crippen molar-refractivity contribution in [3.05, 3.63) is 0 Å². The summed E-state index contributed by atoms with van der Waals surface area (Å²) in [4.78, 5) is 59.9. The first-order valence-corrected chi connectivity index (χ1v) is 27.2. The molecule has 14 heteroatoms. The SMILES string of the molecule is CCC(C)(C)C(C)(C)CC(C)(C)CC(=O)NCCCCN(CCCNC(=O)CC(C)(C)CC(C)(C)C(C)(C)CC(C)(C)P)C(=O)CN(CCCNC)CCCNC(=O)CN(CCCN)CCCN. The van der Waals surface area contributed by atoms with E-state index in [-0.39, 0.29) is 67.8 Å². The van der Waals surface area contributed by atoms with E-state index in [9.17, 15) is 19.2 Å². The largest absolute Gasteiger partial charge is 0.356 e. The molecule has 4 amide bonds. The molecule has 8 N–H and O–H groups in total. The van der Waals surface area contributed by atoms with Gasteiger partial charge in [0.2, 0.25) is 23.6 Å². The fourth-order valence-corrected chi connectivity index (χ4v) is 10.6. The number of amides is 4. The summed E-state index contributed by atoms with van der Waals surface area (Å²) in [5, 5.41) is 12.8. The van der Waals surface area contributed by atoms with Crippen LogP contribution in [0.2, 0.25) is 0 Å². The van der Waals surface area contributed by atoms with Gasteiger partial charge < -0.3 is 37.6 Å². The molecule has 0 rings (SSSR count). The number of unbranched alkanes of at least 4 members (excludes halogenated alkanes) is 1. The molecule has 0 bridgehead atoms. The van der Waals surface area contributed by atoms with Crippen molar-refractivity contribution in [1.82, 2.24) is 36.0 Å². The molecular weight excluding hydrogens is 870 g/mol. The highest BCUT2D eigenvalue weighted by Crippen LogP contribution is 2.52. The minimum atomic E-state index is -0.180. The third-order valence-corrected chi connectivity index (χ3v) is 15.2. The fraction of sp³-hybridized carbons (Fsp3) is 0.926. The molecule has 0 radical (unpaired) electrons. The highest BCUT2D eigenvalue weighted by Gasteiger charge is 2.43. The molecule has 0 aromatic heterocycles. The summed E-state index contributed by atoms with van der Waals surface area (Å²) in [6.07, 6.45) is 10.4. The first kappa shape index (κ1) is 66.1. The van der Waals surface area contributed by atoms with E-state index in [1.807, 2.05) is 11.9 Å². The van der Waals surface area contributed by atoms with Gasteiger partial charge in [-0.2, -0.15) is 0 Å². The number of carbonyl (C=O) groups is 4. The minimum absolute atomic E-state index is 0.0123. The molecule has 0 saturated heterocycles. The maximum absolute atomic E-state index is 14.2. The Morgan fingerprint density at radius 2 is 0.853 bits per heavy atom. The third kappa shape index (κ3) is 28.8. The Bertz CT molecular complexity index is 1440. The van der Waals surface area contributed by atoms with Gasteiger partial charge in [0.25, 0.3) is 0 Å². The van der Waals surface area contributed by atoms with Crippen molar-refractivity contribution in [1.29, 1.82) is 0 Å². The van der Waals surface area contributed by atoms with Gasteiger partial charge >= 0.3 is 0 Å². The maximum Gasteiger partial charge on any atom is 0.236 e. The van der Waals surface area contributed by atoms with Crippen molar-refractivity contribution in [3.8, 4) is 0 Å². The van der Waals surface area contributed by atoms with E-state index in [0.717, 1.165) is 90.4 Å². The molecule has 0 aliphatic heterocycles. The van der Waals surface area contributed by atoms with Crippen LogP contribution < -0.4 is 32.7 Å². The summed E-state index contributed by atoms with van der Waals surface area (Å²) < 4.78 is 0. The van der Waals surface area contributed by atoms with Crippen LogP contribution in [-0.2, 0) is 19.2 Å². The third-order valence-electron chi connectivity index (χ3n) is 15.0. The first-order valence-electron chi connectivity index (χ1n) is 26.6. The molecule has 0 aliphatic carbocycles. The summed E-state index contributed by atoms with van der Waals surface area (Å²) in [5.74, 6) is 0.170. The van der Waals surface area contributed by atoms with Crippen LogP contribution in [-0.4, -0.2) is 142 Å². The van der Waals surface area contributed by atoms with Crippen LogP contribution in [0.3, 0.4) is 0 Å². The molecule has 0 saturated carbocycles. The Morgan fingerprint density at radius 3 is 1.31 bits per heavy atom. The van der Waals surface area contributed by atoms with Crippen LogP contribution in [0.5, 0.6) is 0 Å². The van der Waals surface area contributed by atoms with Crippen LogP contribution in [0, 0.1) is 32.5 Å². The lowest BCUT2D eigenvalue weighted by molar-refractivity contribution is -0.133. The molecule has 0 aromatic carbocycles. The standard InChI is InChI=1S/C54H112N9O4P/c1-17-50(6,7)51(8,9)41-48(2,3)37-44(64)58-28-18-19-35-63(36-24-30-59-45(65)38-49(4,5)42-52(10,11)53(12,13)43-54(14,15)68)47(67)40-62(33-22-27-57-16)34-23-29-60-46(66)39-61(31-20-25-55)32-21-26-56/h57H,17-43,55-56,68H2,1-16H3,(H,58,64)(H,59,65)(H,60,66). The monoisotopic (exact) mass is 982 g/mol. The van der Waals surface area contributed by atoms with Crippen LogP contribution in [0.4, 0.5) is 0 Å². The summed E-state index contributed by atoms with van der Waals surface area (Å²) in [5.41, 5.74) is 11.5. The van der Waals surface area contributed by atoms with Gasteiger partial charge in [0.1, 0.15) is 0 Å². The van der Waals surface area contributed by atoms with Crippen molar-refractivity contribution in [3.63, 3.8) is 0 Å². The minimum Gasteiger partial charge on any atom is -0.356 e. The molecule has 68 heavy (non-hydrogen) atoms. The maximum atomic E-state index is 14.2. The van der Waals surface area contributed by atoms with Gasteiger partial charge in [0, 0.05) is 52.1 Å². The Kier molecular flexibility index (Phi) is 30.7. The molecule has 402 valence electrons. The number of nitrogens with zero attached hydrogens (tertiary/aromatic N) is 3. The number of hydrogen-bond donors (Lipinski definition) is 6. The Morgan fingerprint density at radius 1 is 0.471 bits per heavy atom. The summed E-state index contributed by atoms with van der Waals surface area (Å²) >= 11 is 0. The Labute approximate surface area is 421 Å². The lowest BCUT2D eigenvalue weighted by Gasteiger charge is -2.48. The lowest BCUT2D eigenvalue weighted by Crippen LogP contribution is -2.44. The molecule has 1 unspecified atom stereocenters. The van der Waals surface area contributed by atoms with E-state index < -0.39 is 0 Å². The zero-order valence-corrected chi connectivity index (χ0v) is 48.5. The number of carbonyl (C=O) groups excluding carboxylic acids is 4. The highest BCUT2D eigenvalue weighted by atomic mass is 31.0. The zero-order valence-electron chi connectivity index (χ0n) is 47.3. The van der Waals surface area contributed by atoms with Gasteiger partial charge in [-0.1, -0.05) is 110 Å². The second kappa shape index (κ2) is 31.5. The van der Waals surface area contributed by atoms with E-state index in [0.29, 0.717) is 78.2 Å². The molecule has 0 aromatic rings.